The Morgan fingerprint density at radius 3 is 2.77 bits per heavy atom. The normalized spacial score (nSPS) is 39.7. The largest absolute Gasteiger partial charge is 0.324 e. The van der Waals surface area contributed by atoms with Crippen molar-refractivity contribution in [3.8, 4) is 0 Å². The van der Waals surface area contributed by atoms with Gasteiger partial charge in [0.15, 0.2) is 0 Å². The van der Waals surface area contributed by atoms with Crippen LogP contribution in [-0.2, 0) is 0 Å². The lowest BCUT2D eigenvalue weighted by atomic mass is 9.96. The molecule has 0 aromatic carbocycles. The molecule has 0 aliphatic carbocycles. The average Bonchev–Trinajstić information content (AvgIpc) is 2.40. The number of urea groups is 1. The molecule has 5 heteroatoms. The maximum Gasteiger partial charge on any atom is 0.321 e. The van der Waals surface area contributed by atoms with Crippen molar-refractivity contribution in [1.82, 2.24) is 15.5 Å². The molecule has 72 valence electrons. The molecule has 0 radical (unpaired) electrons. The molecule has 0 bridgehead atoms. The molecule has 2 aliphatic heterocycles. The summed E-state index contributed by atoms with van der Waals surface area (Å²) in [7, 11) is 2.01. The van der Waals surface area contributed by atoms with Crippen LogP contribution in [-0.4, -0.2) is 41.9 Å². The molecule has 2 atom stereocenters. The summed E-state index contributed by atoms with van der Waals surface area (Å²) in [4.78, 5) is 13.2. The highest BCUT2D eigenvalue weighted by Crippen LogP contribution is 2.28. The van der Waals surface area contributed by atoms with Crippen molar-refractivity contribution in [2.45, 2.75) is 24.9 Å². The number of hydrogen-bond acceptors (Lipinski definition) is 3. The number of likely N-dealkylation sites (N-methyl/N-ethyl adjacent to an activating group) is 1. The van der Waals surface area contributed by atoms with Crippen LogP contribution in [0.5, 0.6) is 0 Å². The summed E-state index contributed by atoms with van der Waals surface area (Å²) in [6.07, 6.45) is 0.821. The van der Waals surface area contributed by atoms with E-state index in [-0.39, 0.29) is 6.03 Å². The molecule has 1 spiro atoms. The molecule has 3 N–H and O–H groups in total. The van der Waals surface area contributed by atoms with Gasteiger partial charge in [0, 0.05) is 12.6 Å². The Hall–Kier alpha value is -1.10. The molecule has 2 fully saturated rings. The first-order valence-electron chi connectivity index (χ1n) is 4.42. The van der Waals surface area contributed by atoms with Gasteiger partial charge in [0.2, 0.25) is 0 Å². The molecule has 2 aliphatic rings. The maximum absolute atomic E-state index is 11.0. The van der Waals surface area contributed by atoms with Crippen molar-refractivity contribution in [3.63, 3.8) is 0 Å². The van der Waals surface area contributed by atoms with Crippen LogP contribution in [0.1, 0.15) is 13.3 Å². The number of rotatable bonds is 0. The van der Waals surface area contributed by atoms with Crippen molar-refractivity contribution in [3.05, 3.63) is 0 Å². The van der Waals surface area contributed by atoms with E-state index in [2.05, 4.69) is 22.5 Å². The number of nitrogens with one attached hydrogen (secondary N) is 3. The quantitative estimate of drug-likeness (QED) is 0.483. The van der Waals surface area contributed by atoms with Gasteiger partial charge in [-0.1, -0.05) is 0 Å². The van der Waals surface area contributed by atoms with E-state index in [1.165, 1.54) is 0 Å². The monoisotopic (exact) mass is 182 g/mol. The van der Waals surface area contributed by atoms with E-state index in [1.807, 2.05) is 7.05 Å². The maximum atomic E-state index is 11.0. The number of amidine groups is 1. The van der Waals surface area contributed by atoms with Gasteiger partial charge in [-0.25, -0.2) is 4.79 Å². The summed E-state index contributed by atoms with van der Waals surface area (Å²) >= 11 is 0. The topological polar surface area (TPSA) is 68.2 Å². The Morgan fingerprint density at radius 2 is 2.38 bits per heavy atom. The fraction of sp³-hybridized carbons (Fsp3) is 0.750. The molecule has 0 aromatic heterocycles. The van der Waals surface area contributed by atoms with Crippen molar-refractivity contribution in [2.24, 2.45) is 0 Å². The Bertz CT molecular complexity index is 265. The van der Waals surface area contributed by atoms with Gasteiger partial charge in [-0.05, 0) is 20.4 Å². The third-order valence-electron chi connectivity index (χ3n) is 2.99. The molecule has 2 amide bonds. The zero-order valence-corrected chi connectivity index (χ0v) is 7.85. The summed E-state index contributed by atoms with van der Waals surface area (Å²) in [5, 5.41) is 13.0. The molecule has 0 aromatic rings. The molecule has 13 heavy (non-hydrogen) atoms. The predicted octanol–water partition coefficient (Wildman–Crippen LogP) is -0.261. The second-order valence-electron chi connectivity index (χ2n) is 4.00. The number of carbonyl (C=O) groups is 1. The number of carbonyl (C=O) groups excluding carboxylic acids is 1. The lowest BCUT2D eigenvalue weighted by Crippen LogP contribution is -2.48. The van der Waals surface area contributed by atoms with Crippen molar-refractivity contribution < 1.29 is 4.79 Å². The van der Waals surface area contributed by atoms with E-state index in [4.69, 9.17) is 5.41 Å². The Labute approximate surface area is 77.0 Å². The highest BCUT2D eigenvalue weighted by Gasteiger charge is 2.49. The molecule has 2 rings (SSSR count). The second kappa shape index (κ2) is 2.45. The van der Waals surface area contributed by atoms with Crippen LogP contribution in [0.25, 0.3) is 0 Å². The molecule has 2 unspecified atom stereocenters. The summed E-state index contributed by atoms with van der Waals surface area (Å²) in [6, 6.07) is 0.174. The van der Waals surface area contributed by atoms with E-state index in [1.54, 1.807) is 0 Å². The smallest absolute Gasteiger partial charge is 0.321 e. The third-order valence-corrected chi connectivity index (χ3v) is 2.99. The van der Waals surface area contributed by atoms with Crippen LogP contribution < -0.4 is 10.6 Å². The van der Waals surface area contributed by atoms with Crippen LogP contribution in [0.2, 0.25) is 0 Å². The fourth-order valence-corrected chi connectivity index (χ4v) is 2.12. The van der Waals surface area contributed by atoms with Crippen LogP contribution in [0.15, 0.2) is 0 Å². The van der Waals surface area contributed by atoms with E-state index in [9.17, 15) is 4.79 Å². The van der Waals surface area contributed by atoms with Gasteiger partial charge in [0.05, 0.1) is 0 Å². The molecular formula is C8H14N4O. The number of nitrogens with zero attached hydrogens (tertiary/aromatic N) is 1. The van der Waals surface area contributed by atoms with Crippen molar-refractivity contribution in [1.29, 1.82) is 5.41 Å². The molecular weight excluding hydrogens is 168 g/mol. The first kappa shape index (κ1) is 8.50. The zero-order chi connectivity index (χ0) is 9.64. The summed E-state index contributed by atoms with van der Waals surface area (Å²) < 4.78 is 0. The molecule has 0 saturated carbocycles. The van der Waals surface area contributed by atoms with E-state index < -0.39 is 5.54 Å². The summed E-state index contributed by atoms with van der Waals surface area (Å²) in [5.41, 5.74) is -0.439. The van der Waals surface area contributed by atoms with Crippen molar-refractivity contribution >= 4 is 11.9 Å². The number of hydrogen-bond donors (Lipinski definition) is 3. The van der Waals surface area contributed by atoms with Gasteiger partial charge < -0.3 is 10.2 Å². The van der Waals surface area contributed by atoms with Gasteiger partial charge in [-0.2, -0.15) is 0 Å². The summed E-state index contributed by atoms with van der Waals surface area (Å²) in [6.45, 7) is 2.83. The average molecular weight is 182 g/mol. The minimum atomic E-state index is -0.439. The fourth-order valence-electron chi connectivity index (χ4n) is 2.12. The van der Waals surface area contributed by atoms with Gasteiger partial charge in [-0.15, -0.1) is 0 Å². The van der Waals surface area contributed by atoms with Crippen LogP contribution in [0.4, 0.5) is 4.79 Å². The molecule has 5 nitrogen and oxygen atoms in total. The van der Waals surface area contributed by atoms with Crippen LogP contribution in [0.3, 0.4) is 0 Å². The highest BCUT2D eigenvalue weighted by molar-refractivity contribution is 6.08. The highest BCUT2D eigenvalue weighted by atomic mass is 16.2. The lowest BCUT2D eigenvalue weighted by molar-refractivity contribution is 0.244. The minimum Gasteiger partial charge on any atom is -0.324 e. The molecule has 2 saturated heterocycles. The summed E-state index contributed by atoms with van der Waals surface area (Å²) in [5.74, 6) is 0.314. The first-order chi connectivity index (χ1) is 6.03. The Morgan fingerprint density at radius 1 is 1.69 bits per heavy atom. The van der Waals surface area contributed by atoms with Gasteiger partial charge in [-0.3, -0.25) is 10.7 Å². The van der Waals surface area contributed by atoms with E-state index in [0.717, 1.165) is 13.0 Å². The standard InChI is InChI=1S/C8H14N4O/c1-5-3-8(4-12(5)2)6(9)10-7(13)11-8/h5H,3-4H2,1-2H3,(H3,9,10,11,13). The minimum absolute atomic E-state index is 0.243. The first-order valence-corrected chi connectivity index (χ1v) is 4.42. The van der Waals surface area contributed by atoms with E-state index in [0.29, 0.717) is 11.9 Å². The Balaban J connectivity index is 2.23. The third kappa shape index (κ3) is 1.11. The lowest BCUT2D eigenvalue weighted by Gasteiger charge is -2.20. The number of amides is 2. The second-order valence-corrected chi connectivity index (χ2v) is 4.00. The van der Waals surface area contributed by atoms with Gasteiger partial charge in [0.25, 0.3) is 0 Å². The van der Waals surface area contributed by atoms with Crippen LogP contribution in [0, 0.1) is 5.41 Å². The zero-order valence-electron chi connectivity index (χ0n) is 7.85. The Kier molecular flexibility index (Phi) is 1.60. The van der Waals surface area contributed by atoms with Gasteiger partial charge in [0.1, 0.15) is 11.4 Å². The SMILES string of the molecule is CC1CC2(CN1C)NC(=O)NC2=N. The van der Waals surface area contributed by atoms with E-state index >= 15 is 0 Å². The van der Waals surface area contributed by atoms with Crippen LogP contribution >= 0.6 is 0 Å². The predicted molar refractivity (Wildman–Crippen MR) is 48.8 cm³/mol. The number of likely N-dealkylation sites (tertiary alicyclic amines) is 1. The van der Waals surface area contributed by atoms with Crippen molar-refractivity contribution in [2.75, 3.05) is 13.6 Å². The van der Waals surface area contributed by atoms with Gasteiger partial charge >= 0.3 is 6.03 Å². The molecule has 2 heterocycles.